The molecule has 1 aromatic carbocycles. The number of hydrogen-bond acceptors (Lipinski definition) is 3. The Morgan fingerprint density at radius 2 is 2.33 bits per heavy atom. The van der Waals surface area contributed by atoms with Gasteiger partial charge in [-0.25, -0.2) is 4.79 Å². The fourth-order valence-corrected chi connectivity index (χ4v) is 1.21. The number of esters is 1. The van der Waals surface area contributed by atoms with Crippen molar-refractivity contribution in [3.05, 3.63) is 40.4 Å². The molecule has 0 bridgehead atoms. The fraction of sp³-hybridized carbons (Fsp3) is 0.0909. The molecule has 0 fully saturated rings. The number of hydrogen-bond donors (Lipinski definition) is 0. The van der Waals surface area contributed by atoms with Gasteiger partial charge in [0.1, 0.15) is 11.6 Å². The van der Waals surface area contributed by atoms with Crippen LogP contribution in [0.2, 0.25) is 5.02 Å². The lowest BCUT2D eigenvalue weighted by Gasteiger charge is -1.97. The van der Waals surface area contributed by atoms with Crippen molar-refractivity contribution in [2.24, 2.45) is 0 Å². The largest absolute Gasteiger partial charge is 0.465 e. The van der Waals surface area contributed by atoms with Crippen LogP contribution in [0.15, 0.2) is 29.8 Å². The van der Waals surface area contributed by atoms with E-state index in [4.69, 9.17) is 16.9 Å². The second kappa shape index (κ2) is 5.18. The zero-order chi connectivity index (χ0) is 11.3. The van der Waals surface area contributed by atoms with Gasteiger partial charge in [-0.3, -0.25) is 0 Å². The molecular weight excluding hydrogens is 214 g/mol. The molecule has 0 saturated carbocycles. The molecule has 0 amide bonds. The highest BCUT2D eigenvalue weighted by Crippen LogP contribution is 2.13. The van der Waals surface area contributed by atoms with E-state index >= 15 is 0 Å². The van der Waals surface area contributed by atoms with Gasteiger partial charge in [-0.1, -0.05) is 23.7 Å². The van der Waals surface area contributed by atoms with Gasteiger partial charge in [0, 0.05) is 5.02 Å². The van der Waals surface area contributed by atoms with Gasteiger partial charge in [-0.05, 0) is 23.8 Å². The maximum atomic E-state index is 11.1. The molecule has 3 nitrogen and oxygen atoms in total. The van der Waals surface area contributed by atoms with E-state index in [1.165, 1.54) is 13.2 Å². The van der Waals surface area contributed by atoms with E-state index in [1.54, 1.807) is 30.3 Å². The van der Waals surface area contributed by atoms with E-state index in [-0.39, 0.29) is 5.57 Å². The van der Waals surface area contributed by atoms with Crippen molar-refractivity contribution in [2.45, 2.75) is 0 Å². The standard InChI is InChI=1S/C11H8ClNO2/c1-15-11(14)9(7-13)5-8-3-2-4-10(12)6-8/h2-6H,1H3/b9-5-. The lowest BCUT2D eigenvalue weighted by atomic mass is 10.1. The van der Waals surface area contributed by atoms with Crippen LogP contribution < -0.4 is 0 Å². The van der Waals surface area contributed by atoms with Crippen molar-refractivity contribution in [3.8, 4) is 6.07 Å². The molecule has 1 rings (SSSR count). The van der Waals surface area contributed by atoms with Crippen LogP contribution in [0.4, 0.5) is 0 Å². The molecular formula is C11H8ClNO2. The van der Waals surface area contributed by atoms with Crippen molar-refractivity contribution in [2.75, 3.05) is 7.11 Å². The summed E-state index contributed by atoms with van der Waals surface area (Å²) < 4.78 is 4.44. The van der Waals surface area contributed by atoms with Crippen molar-refractivity contribution in [3.63, 3.8) is 0 Å². The van der Waals surface area contributed by atoms with Crippen molar-refractivity contribution in [1.82, 2.24) is 0 Å². The normalized spacial score (nSPS) is 10.6. The van der Waals surface area contributed by atoms with E-state index in [1.807, 2.05) is 0 Å². The number of nitriles is 1. The average molecular weight is 222 g/mol. The lowest BCUT2D eigenvalue weighted by molar-refractivity contribution is -0.135. The first-order valence-corrected chi connectivity index (χ1v) is 4.51. The van der Waals surface area contributed by atoms with Crippen molar-refractivity contribution < 1.29 is 9.53 Å². The number of carbonyl (C=O) groups is 1. The Morgan fingerprint density at radius 3 is 2.87 bits per heavy atom. The number of rotatable bonds is 2. The van der Waals surface area contributed by atoms with Crippen LogP contribution in [0.5, 0.6) is 0 Å². The minimum atomic E-state index is -0.655. The van der Waals surface area contributed by atoms with E-state index < -0.39 is 5.97 Å². The van der Waals surface area contributed by atoms with E-state index in [0.29, 0.717) is 10.6 Å². The smallest absolute Gasteiger partial charge is 0.348 e. The molecule has 0 N–H and O–H groups in total. The monoisotopic (exact) mass is 221 g/mol. The molecule has 15 heavy (non-hydrogen) atoms. The van der Waals surface area contributed by atoms with Crippen LogP contribution in [0, 0.1) is 11.3 Å². The predicted octanol–water partition coefficient (Wildman–Crippen LogP) is 2.42. The van der Waals surface area contributed by atoms with Crippen LogP contribution in [0.3, 0.4) is 0 Å². The van der Waals surface area contributed by atoms with Crippen molar-refractivity contribution >= 4 is 23.6 Å². The molecule has 0 aliphatic heterocycles. The maximum Gasteiger partial charge on any atom is 0.348 e. The van der Waals surface area contributed by atoms with Gasteiger partial charge in [0.15, 0.2) is 0 Å². The van der Waals surface area contributed by atoms with Gasteiger partial charge in [0.25, 0.3) is 0 Å². The van der Waals surface area contributed by atoms with Gasteiger partial charge < -0.3 is 4.74 Å². The first-order valence-electron chi connectivity index (χ1n) is 4.13. The summed E-state index contributed by atoms with van der Waals surface area (Å²) in [6.45, 7) is 0. The van der Waals surface area contributed by atoms with E-state index in [0.717, 1.165) is 0 Å². The zero-order valence-electron chi connectivity index (χ0n) is 8.03. The Labute approximate surface area is 92.5 Å². The van der Waals surface area contributed by atoms with Gasteiger partial charge in [0.2, 0.25) is 0 Å². The maximum absolute atomic E-state index is 11.1. The third kappa shape index (κ3) is 3.12. The molecule has 4 heteroatoms. The summed E-state index contributed by atoms with van der Waals surface area (Å²) in [5.74, 6) is -0.655. The fourth-order valence-electron chi connectivity index (χ4n) is 1.01. The van der Waals surface area contributed by atoms with E-state index in [2.05, 4.69) is 4.74 Å². The van der Waals surface area contributed by atoms with Crippen LogP contribution in [0.1, 0.15) is 5.56 Å². The number of nitrogens with zero attached hydrogens (tertiary/aromatic N) is 1. The number of carbonyl (C=O) groups excluding carboxylic acids is 1. The third-order valence-corrected chi connectivity index (χ3v) is 1.92. The number of methoxy groups -OCH3 is 1. The molecule has 0 aliphatic rings. The van der Waals surface area contributed by atoms with Gasteiger partial charge in [-0.2, -0.15) is 5.26 Å². The Kier molecular flexibility index (Phi) is 3.90. The summed E-state index contributed by atoms with van der Waals surface area (Å²) in [4.78, 5) is 11.1. The highest BCUT2D eigenvalue weighted by molar-refractivity contribution is 6.30. The van der Waals surface area contributed by atoms with Gasteiger partial charge in [-0.15, -0.1) is 0 Å². The Bertz CT molecular complexity index is 446. The Morgan fingerprint density at radius 1 is 1.60 bits per heavy atom. The highest BCUT2D eigenvalue weighted by atomic mass is 35.5. The molecule has 0 saturated heterocycles. The van der Waals surface area contributed by atoms with Gasteiger partial charge >= 0.3 is 5.97 Å². The summed E-state index contributed by atoms with van der Waals surface area (Å²) in [5, 5.41) is 9.25. The van der Waals surface area contributed by atoms with Crippen LogP contribution in [-0.4, -0.2) is 13.1 Å². The summed E-state index contributed by atoms with van der Waals surface area (Å²) in [6.07, 6.45) is 1.43. The van der Waals surface area contributed by atoms with E-state index in [9.17, 15) is 4.79 Å². The Hall–Kier alpha value is -1.79. The Balaban J connectivity index is 3.05. The minimum Gasteiger partial charge on any atom is -0.465 e. The molecule has 1 aromatic rings. The molecule has 0 aliphatic carbocycles. The minimum absolute atomic E-state index is 0.0558. The molecule has 0 aromatic heterocycles. The van der Waals surface area contributed by atoms with Crippen molar-refractivity contribution in [1.29, 1.82) is 5.26 Å². The second-order valence-electron chi connectivity index (χ2n) is 2.72. The zero-order valence-corrected chi connectivity index (χ0v) is 8.78. The quantitative estimate of drug-likeness (QED) is 0.438. The molecule has 0 unspecified atom stereocenters. The predicted molar refractivity (Wildman–Crippen MR) is 57.1 cm³/mol. The number of halogens is 1. The van der Waals surface area contributed by atoms with Gasteiger partial charge in [0.05, 0.1) is 7.11 Å². The highest BCUT2D eigenvalue weighted by Gasteiger charge is 2.07. The molecule has 0 heterocycles. The van der Waals surface area contributed by atoms with Crippen LogP contribution in [-0.2, 0) is 9.53 Å². The van der Waals surface area contributed by atoms with Crippen LogP contribution >= 0.6 is 11.6 Å². The summed E-state index contributed by atoms with van der Waals surface area (Å²) in [5.41, 5.74) is 0.629. The third-order valence-electron chi connectivity index (χ3n) is 1.69. The number of ether oxygens (including phenoxy) is 1. The lowest BCUT2D eigenvalue weighted by Crippen LogP contribution is -2.02. The number of benzene rings is 1. The molecule has 0 radical (unpaired) electrons. The topological polar surface area (TPSA) is 50.1 Å². The second-order valence-corrected chi connectivity index (χ2v) is 3.15. The summed E-state index contributed by atoms with van der Waals surface area (Å²) in [7, 11) is 1.23. The molecule has 76 valence electrons. The summed E-state index contributed by atoms with van der Waals surface area (Å²) >= 11 is 5.76. The summed E-state index contributed by atoms with van der Waals surface area (Å²) in [6, 6.07) is 8.61. The average Bonchev–Trinajstić information content (AvgIpc) is 2.25. The molecule has 0 spiro atoms. The first-order chi connectivity index (χ1) is 7.17. The van der Waals surface area contributed by atoms with Crippen LogP contribution in [0.25, 0.3) is 6.08 Å². The first kappa shape index (κ1) is 11.3. The molecule has 0 atom stereocenters. The SMILES string of the molecule is COC(=O)/C(C#N)=C\c1cccc(Cl)c1.